The maximum absolute atomic E-state index is 12.0. The topological polar surface area (TPSA) is 94.4 Å². The van der Waals surface area contributed by atoms with Crippen LogP contribution in [0.4, 0.5) is 0 Å². The molecular formula is C13H19N5O2. The lowest BCUT2D eigenvalue weighted by atomic mass is 10.1. The molecule has 0 radical (unpaired) electrons. The van der Waals surface area contributed by atoms with Crippen LogP contribution in [0.2, 0.25) is 0 Å². The Hall–Kier alpha value is -2.15. The summed E-state index contributed by atoms with van der Waals surface area (Å²) in [6, 6.07) is 5.31. The number of fused-ring (bicyclic) bond motifs is 1. The van der Waals surface area contributed by atoms with Crippen molar-refractivity contribution in [2.24, 2.45) is 5.73 Å². The highest BCUT2D eigenvalue weighted by Crippen LogP contribution is 1.97. The first kappa shape index (κ1) is 14.3. The van der Waals surface area contributed by atoms with E-state index in [1.165, 1.54) is 9.08 Å². The average Bonchev–Trinajstić information content (AvgIpc) is 2.71. The minimum Gasteiger partial charge on any atom is -0.354 e. The highest BCUT2D eigenvalue weighted by atomic mass is 16.2. The number of hydrogen-bond donors (Lipinski definition) is 2. The summed E-state index contributed by atoms with van der Waals surface area (Å²) in [7, 11) is 0. The van der Waals surface area contributed by atoms with Crippen LogP contribution in [0, 0.1) is 0 Å². The zero-order valence-electron chi connectivity index (χ0n) is 11.7. The Morgan fingerprint density at radius 2 is 2.20 bits per heavy atom. The van der Waals surface area contributed by atoms with E-state index in [1.807, 2.05) is 19.9 Å². The Balaban J connectivity index is 1.98. The highest BCUT2D eigenvalue weighted by Gasteiger charge is 2.13. The first-order chi connectivity index (χ1) is 9.37. The fraction of sp³-hybridized carbons (Fsp3) is 0.462. The third-order valence-corrected chi connectivity index (χ3v) is 2.78. The lowest BCUT2D eigenvalue weighted by molar-refractivity contribution is -0.121. The van der Waals surface area contributed by atoms with E-state index in [-0.39, 0.29) is 24.6 Å². The van der Waals surface area contributed by atoms with E-state index < -0.39 is 5.54 Å². The molecule has 0 bridgehead atoms. The molecule has 0 atom stereocenters. The van der Waals surface area contributed by atoms with Crippen LogP contribution in [0.25, 0.3) is 5.65 Å². The number of aryl methyl sites for hydroxylation is 1. The van der Waals surface area contributed by atoms with E-state index in [1.54, 1.807) is 18.3 Å². The van der Waals surface area contributed by atoms with Gasteiger partial charge in [-0.1, -0.05) is 6.07 Å². The third-order valence-electron chi connectivity index (χ3n) is 2.78. The van der Waals surface area contributed by atoms with Crippen molar-refractivity contribution in [3.8, 4) is 0 Å². The van der Waals surface area contributed by atoms with Gasteiger partial charge in [0.2, 0.25) is 5.91 Å². The van der Waals surface area contributed by atoms with E-state index in [0.29, 0.717) is 12.2 Å². The monoisotopic (exact) mass is 277 g/mol. The van der Waals surface area contributed by atoms with E-state index >= 15 is 0 Å². The van der Waals surface area contributed by atoms with Gasteiger partial charge in [0.05, 0.1) is 6.54 Å². The molecule has 0 aromatic carbocycles. The molecule has 0 saturated heterocycles. The number of rotatable bonds is 5. The summed E-state index contributed by atoms with van der Waals surface area (Å²) < 4.78 is 2.74. The second kappa shape index (κ2) is 5.46. The molecule has 2 heterocycles. The second-order valence-electron chi connectivity index (χ2n) is 5.45. The fourth-order valence-electron chi connectivity index (χ4n) is 1.74. The van der Waals surface area contributed by atoms with Crippen LogP contribution in [0.1, 0.15) is 20.3 Å². The molecule has 0 saturated carbocycles. The number of hydrogen-bond acceptors (Lipinski definition) is 4. The molecule has 0 aliphatic heterocycles. The molecule has 2 rings (SSSR count). The Morgan fingerprint density at radius 3 is 2.85 bits per heavy atom. The molecule has 0 unspecified atom stereocenters. The molecule has 1 amide bonds. The van der Waals surface area contributed by atoms with Gasteiger partial charge in [0, 0.05) is 24.7 Å². The van der Waals surface area contributed by atoms with Gasteiger partial charge < -0.3 is 11.1 Å². The van der Waals surface area contributed by atoms with Crippen LogP contribution in [-0.4, -0.2) is 32.2 Å². The summed E-state index contributed by atoms with van der Waals surface area (Å²) in [6.07, 6.45) is 1.85. The zero-order valence-corrected chi connectivity index (χ0v) is 11.7. The smallest absolute Gasteiger partial charge is 0.350 e. The fourth-order valence-corrected chi connectivity index (χ4v) is 1.74. The molecule has 7 heteroatoms. The van der Waals surface area contributed by atoms with Crippen molar-refractivity contribution in [2.45, 2.75) is 32.4 Å². The van der Waals surface area contributed by atoms with Crippen LogP contribution in [0.5, 0.6) is 0 Å². The first-order valence-electron chi connectivity index (χ1n) is 6.47. The van der Waals surface area contributed by atoms with Crippen LogP contribution in [0.3, 0.4) is 0 Å². The Morgan fingerprint density at radius 1 is 1.45 bits per heavy atom. The van der Waals surface area contributed by atoms with Gasteiger partial charge in [-0.25, -0.2) is 9.48 Å². The average molecular weight is 277 g/mol. The number of aromatic nitrogens is 3. The number of nitrogens with two attached hydrogens (primary N) is 1. The molecular weight excluding hydrogens is 258 g/mol. The van der Waals surface area contributed by atoms with Crippen molar-refractivity contribution in [3.05, 3.63) is 34.9 Å². The van der Waals surface area contributed by atoms with Crippen LogP contribution in [0.15, 0.2) is 29.2 Å². The quantitative estimate of drug-likeness (QED) is 0.787. The summed E-state index contributed by atoms with van der Waals surface area (Å²) in [5.41, 5.74) is 5.66. The predicted molar refractivity (Wildman–Crippen MR) is 75.3 cm³/mol. The molecule has 0 fully saturated rings. The summed E-state index contributed by atoms with van der Waals surface area (Å²) >= 11 is 0. The van der Waals surface area contributed by atoms with E-state index in [2.05, 4.69) is 10.4 Å². The van der Waals surface area contributed by atoms with Gasteiger partial charge in [0.1, 0.15) is 0 Å². The summed E-state index contributed by atoms with van der Waals surface area (Å²) in [5.74, 6) is -0.146. The first-order valence-corrected chi connectivity index (χ1v) is 6.47. The standard InChI is InChI=1S/C13H19N5O2/c1-13(2,14)9-15-11(19)6-8-18-12(20)17-7-4-3-5-10(17)16-18/h3-5,7H,6,8-9,14H2,1-2H3,(H,15,19). The lowest BCUT2D eigenvalue weighted by Gasteiger charge is -2.18. The normalized spacial score (nSPS) is 11.8. The van der Waals surface area contributed by atoms with Crippen molar-refractivity contribution in [3.63, 3.8) is 0 Å². The van der Waals surface area contributed by atoms with Gasteiger partial charge in [-0.2, -0.15) is 0 Å². The van der Waals surface area contributed by atoms with E-state index in [9.17, 15) is 9.59 Å². The molecule has 7 nitrogen and oxygen atoms in total. The largest absolute Gasteiger partial charge is 0.354 e. The van der Waals surface area contributed by atoms with Gasteiger partial charge in [-0.05, 0) is 26.0 Å². The van der Waals surface area contributed by atoms with Crippen molar-refractivity contribution in [2.75, 3.05) is 6.54 Å². The third kappa shape index (κ3) is 3.45. The number of carbonyl (C=O) groups is 1. The van der Waals surface area contributed by atoms with Crippen LogP contribution in [-0.2, 0) is 11.3 Å². The van der Waals surface area contributed by atoms with Crippen LogP contribution >= 0.6 is 0 Å². The van der Waals surface area contributed by atoms with Gasteiger partial charge in [0.15, 0.2) is 5.65 Å². The Bertz CT molecular complexity index is 665. The molecule has 0 spiro atoms. The van der Waals surface area contributed by atoms with Crippen LogP contribution < -0.4 is 16.7 Å². The molecule has 3 N–H and O–H groups in total. The molecule has 108 valence electrons. The minimum absolute atomic E-state index is 0.146. The summed E-state index contributed by atoms with van der Waals surface area (Å²) in [5, 5.41) is 6.89. The lowest BCUT2D eigenvalue weighted by Crippen LogP contribution is -2.45. The summed E-state index contributed by atoms with van der Waals surface area (Å²) in [6.45, 7) is 4.31. The Kier molecular flexibility index (Phi) is 3.89. The zero-order chi connectivity index (χ0) is 14.8. The summed E-state index contributed by atoms with van der Waals surface area (Å²) in [4.78, 5) is 23.6. The number of amides is 1. The van der Waals surface area contributed by atoms with Gasteiger partial charge in [-0.3, -0.25) is 9.20 Å². The maximum Gasteiger partial charge on any atom is 0.350 e. The molecule has 2 aromatic rings. The van der Waals surface area contributed by atoms with Gasteiger partial charge in [-0.15, -0.1) is 5.10 Å². The molecule has 2 aromatic heterocycles. The SMILES string of the molecule is CC(C)(N)CNC(=O)CCn1nc2ccccn2c1=O. The number of nitrogens with one attached hydrogen (secondary N) is 1. The van der Waals surface area contributed by atoms with E-state index in [4.69, 9.17) is 5.73 Å². The van der Waals surface area contributed by atoms with E-state index in [0.717, 1.165) is 0 Å². The van der Waals surface area contributed by atoms with Crippen molar-refractivity contribution < 1.29 is 4.79 Å². The second-order valence-corrected chi connectivity index (χ2v) is 5.45. The highest BCUT2D eigenvalue weighted by molar-refractivity contribution is 5.75. The van der Waals surface area contributed by atoms with Crippen molar-refractivity contribution in [1.29, 1.82) is 0 Å². The van der Waals surface area contributed by atoms with Crippen molar-refractivity contribution in [1.82, 2.24) is 19.5 Å². The predicted octanol–water partition coefficient (Wildman–Crippen LogP) is -0.260. The maximum atomic E-state index is 12.0. The number of carbonyl (C=O) groups excluding carboxylic acids is 1. The van der Waals surface area contributed by atoms with Crippen molar-refractivity contribution >= 4 is 11.6 Å². The molecule has 0 aliphatic carbocycles. The minimum atomic E-state index is -0.449. The number of pyridine rings is 1. The Labute approximate surface area is 116 Å². The van der Waals surface area contributed by atoms with Gasteiger partial charge >= 0.3 is 5.69 Å². The molecule has 0 aliphatic rings. The van der Waals surface area contributed by atoms with Gasteiger partial charge in [0.25, 0.3) is 0 Å². The number of nitrogens with zero attached hydrogens (tertiary/aromatic N) is 3. The molecule has 20 heavy (non-hydrogen) atoms.